The molecule has 2 N–H and O–H groups in total. The van der Waals surface area contributed by atoms with E-state index in [9.17, 15) is 9.18 Å². The molecule has 3 heterocycles. The summed E-state index contributed by atoms with van der Waals surface area (Å²) < 4.78 is 14.6. The van der Waals surface area contributed by atoms with Crippen molar-refractivity contribution in [3.63, 3.8) is 0 Å². The Bertz CT molecular complexity index is 1290. The highest BCUT2D eigenvalue weighted by atomic mass is 19.1. The highest BCUT2D eigenvalue weighted by molar-refractivity contribution is 6.06. The predicted molar refractivity (Wildman–Crippen MR) is 124 cm³/mol. The van der Waals surface area contributed by atoms with Crippen molar-refractivity contribution in [2.75, 3.05) is 18.9 Å². The summed E-state index contributed by atoms with van der Waals surface area (Å²) in [6, 6.07) is 6.52. The molecule has 1 atom stereocenters. The first-order valence-corrected chi connectivity index (χ1v) is 10.6. The summed E-state index contributed by atoms with van der Waals surface area (Å²) in [7, 11) is 1.52. The van der Waals surface area contributed by atoms with E-state index in [1.54, 1.807) is 18.5 Å². The molecule has 0 bridgehead atoms. The van der Waals surface area contributed by atoms with Gasteiger partial charge in [-0.25, -0.2) is 24.3 Å². The molecule has 0 aliphatic heterocycles. The Morgan fingerprint density at radius 1 is 1.09 bits per heavy atom. The second kappa shape index (κ2) is 9.64. The van der Waals surface area contributed by atoms with Crippen LogP contribution in [0.2, 0.25) is 0 Å². The van der Waals surface area contributed by atoms with E-state index < -0.39 is 5.82 Å². The topological polar surface area (TPSA) is 106 Å². The number of benzene rings is 1. The third-order valence-electron chi connectivity index (χ3n) is 5.50. The van der Waals surface area contributed by atoms with Gasteiger partial charge in [-0.2, -0.15) is 0 Å². The van der Waals surface area contributed by atoms with Crippen molar-refractivity contribution in [2.24, 2.45) is 0 Å². The van der Waals surface area contributed by atoms with E-state index in [2.05, 4.69) is 42.5 Å². The molecule has 1 unspecified atom stereocenters. The van der Waals surface area contributed by atoms with Gasteiger partial charge in [0.15, 0.2) is 0 Å². The number of fused-ring (bicyclic) bond motifs is 1. The maximum absolute atomic E-state index is 14.6. The van der Waals surface area contributed by atoms with Gasteiger partial charge in [0.2, 0.25) is 0 Å². The zero-order chi connectivity index (χ0) is 23.4. The number of anilines is 1. The number of aryl methyl sites for hydroxylation is 1. The molecule has 0 saturated carbocycles. The van der Waals surface area contributed by atoms with Crippen molar-refractivity contribution in [1.82, 2.24) is 30.2 Å². The Hall–Kier alpha value is -4.01. The summed E-state index contributed by atoms with van der Waals surface area (Å²) in [5.74, 6) is 0.660. The molecule has 1 aromatic carbocycles. The van der Waals surface area contributed by atoms with Gasteiger partial charge in [-0.15, -0.1) is 0 Å². The average molecular weight is 446 g/mol. The van der Waals surface area contributed by atoms with Crippen LogP contribution in [0.3, 0.4) is 0 Å². The summed E-state index contributed by atoms with van der Waals surface area (Å²) in [5, 5.41) is 6.12. The lowest BCUT2D eigenvalue weighted by Crippen LogP contribution is -2.19. The number of carbonyl (C=O) groups excluding carboxylic acids is 1. The lowest BCUT2D eigenvalue weighted by Gasteiger charge is -2.16. The van der Waals surface area contributed by atoms with Crippen LogP contribution < -0.4 is 10.6 Å². The van der Waals surface area contributed by atoms with Gasteiger partial charge in [0, 0.05) is 49.2 Å². The van der Waals surface area contributed by atoms with Crippen molar-refractivity contribution < 1.29 is 9.18 Å². The lowest BCUT2D eigenvalue weighted by molar-refractivity contribution is 0.0964. The lowest BCUT2D eigenvalue weighted by atomic mass is 9.93. The Labute approximate surface area is 190 Å². The zero-order valence-electron chi connectivity index (χ0n) is 18.6. The van der Waals surface area contributed by atoms with Gasteiger partial charge in [0.1, 0.15) is 23.8 Å². The molecule has 0 aliphatic carbocycles. The van der Waals surface area contributed by atoms with Crippen LogP contribution in [0, 0.1) is 12.7 Å². The minimum atomic E-state index is -0.459. The van der Waals surface area contributed by atoms with Crippen LogP contribution in [0.4, 0.5) is 10.2 Å². The Kier molecular flexibility index (Phi) is 6.48. The van der Waals surface area contributed by atoms with Gasteiger partial charge in [-0.1, -0.05) is 13.0 Å². The van der Waals surface area contributed by atoms with E-state index in [4.69, 9.17) is 0 Å². The van der Waals surface area contributed by atoms with E-state index in [1.807, 2.05) is 13.0 Å². The van der Waals surface area contributed by atoms with Crippen molar-refractivity contribution >= 4 is 22.6 Å². The monoisotopic (exact) mass is 445 g/mol. The fraction of sp³-hybridized carbons (Fsp3) is 0.250. The second-order valence-corrected chi connectivity index (χ2v) is 7.72. The number of nitrogens with one attached hydrogen (secondary N) is 2. The molecule has 9 heteroatoms. The quantitative estimate of drug-likeness (QED) is 0.444. The Morgan fingerprint density at radius 3 is 2.64 bits per heavy atom. The van der Waals surface area contributed by atoms with Crippen LogP contribution in [0.15, 0.2) is 49.2 Å². The van der Waals surface area contributed by atoms with Crippen molar-refractivity contribution in [2.45, 2.75) is 26.2 Å². The molecule has 0 fully saturated rings. The zero-order valence-corrected chi connectivity index (χ0v) is 18.6. The van der Waals surface area contributed by atoms with E-state index in [0.29, 0.717) is 23.7 Å². The molecule has 4 rings (SSSR count). The Morgan fingerprint density at radius 2 is 1.88 bits per heavy atom. The number of aromatic nitrogens is 5. The number of rotatable bonds is 7. The minimum Gasteiger partial charge on any atom is -0.370 e. The summed E-state index contributed by atoms with van der Waals surface area (Å²) in [6.07, 6.45) is 7.25. The largest absolute Gasteiger partial charge is 0.370 e. The van der Waals surface area contributed by atoms with Crippen LogP contribution in [0.25, 0.3) is 22.2 Å². The molecule has 8 nitrogen and oxygen atoms in total. The number of carbonyl (C=O) groups is 1. The van der Waals surface area contributed by atoms with Crippen molar-refractivity contribution in [3.8, 4) is 11.3 Å². The molecule has 0 spiro atoms. The van der Waals surface area contributed by atoms with Gasteiger partial charge >= 0.3 is 0 Å². The van der Waals surface area contributed by atoms with E-state index in [0.717, 1.165) is 23.2 Å². The molecule has 0 aliphatic rings. The van der Waals surface area contributed by atoms with Gasteiger partial charge in [-0.3, -0.25) is 9.78 Å². The summed E-state index contributed by atoms with van der Waals surface area (Å²) in [4.78, 5) is 33.6. The van der Waals surface area contributed by atoms with Gasteiger partial charge in [0.05, 0.1) is 16.8 Å². The average Bonchev–Trinajstić information content (AvgIpc) is 2.84. The van der Waals surface area contributed by atoms with Gasteiger partial charge in [0.25, 0.3) is 5.91 Å². The van der Waals surface area contributed by atoms with Crippen LogP contribution in [-0.2, 0) is 0 Å². The van der Waals surface area contributed by atoms with Crippen LogP contribution in [0.5, 0.6) is 0 Å². The number of hydrogen-bond donors (Lipinski definition) is 2. The molecular formula is C24H24FN7O. The second-order valence-electron chi connectivity index (χ2n) is 7.72. The van der Waals surface area contributed by atoms with E-state index >= 15 is 0 Å². The summed E-state index contributed by atoms with van der Waals surface area (Å²) in [6.45, 7) is 4.52. The van der Waals surface area contributed by atoms with E-state index in [-0.39, 0.29) is 22.8 Å². The highest BCUT2D eigenvalue weighted by Crippen LogP contribution is 2.30. The maximum Gasteiger partial charge on any atom is 0.251 e. The summed E-state index contributed by atoms with van der Waals surface area (Å²) >= 11 is 0. The molecule has 0 radical (unpaired) electrons. The molecule has 33 heavy (non-hydrogen) atoms. The molecule has 0 saturated heterocycles. The number of hydrogen-bond acceptors (Lipinski definition) is 7. The Balaban J connectivity index is 1.49. The number of pyridine rings is 1. The van der Waals surface area contributed by atoms with Crippen LogP contribution >= 0.6 is 0 Å². The fourth-order valence-corrected chi connectivity index (χ4v) is 3.68. The molecule has 3 aromatic heterocycles. The first-order chi connectivity index (χ1) is 16.0. The number of amides is 1. The molecular weight excluding hydrogens is 421 g/mol. The van der Waals surface area contributed by atoms with Crippen molar-refractivity contribution in [3.05, 3.63) is 72.0 Å². The minimum absolute atomic E-state index is 0.0693. The maximum atomic E-state index is 14.6. The van der Waals surface area contributed by atoms with Gasteiger partial charge in [-0.05, 0) is 37.0 Å². The first kappa shape index (κ1) is 22.2. The van der Waals surface area contributed by atoms with Crippen LogP contribution in [0.1, 0.15) is 41.0 Å². The third kappa shape index (κ3) is 4.77. The smallest absolute Gasteiger partial charge is 0.251 e. The van der Waals surface area contributed by atoms with Crippen molar-refractivity contribution in [1.29, 1.82) is 0 Å². The van der Waals surface area contributed by atoms with Crippen LogP contribution in [-0.4, -0.2) is 44.4 Å². The SMILES string of the molecule is CNC(=O)c1ccnc2c(C(C)CCNc3cc(-c4cnc(C)nc4)ncn3)ccc(F)c12. The molecule has 168 valence electrons. The third-order valence-corrected chi connectivity index (χ3v) is 5.50. The summed E-state index contributed by atoms with van der Waals surface area (Å²) in [5.41, 5.74) is 3.22. The predicted octanol–water partition coefficient (Wildman–Crippen LogP) is 3.89. The molecule has 4 aromatic rings. The standard InChI is InChI=1S/C24H24FN7O/c1-14(17-4-5-19(25)22-18(24(33)26-3)7-9-28-23(17)22)6-8-27-21-10-20(31-13-32-21)16-11-29-15(2)30-12-16/h4-5,7,9-14H,6,8H2,1-3H3,(H,26,33)(H,27,31,32). The first-order valence-electron chi connectivity index (χ1n) is 10.6. The normalized spacial score (nSPS) is 11.9. The number of nitrogens with zero attached hydrogens (tertiary/aromatic N) is 5. The molecule has 1 amide bonds. The van der Waals surface area contributed by atoms with E-state index in [1.165, 1.54) is 31.7 Å². The highest BCUT2D eigenvalue weighted by Gasteiger charge is 2.18. The fourth-order valence-electron chi connectivity index (χ4n) is 3.68. The van der Waals surface area contributed by atoms with Gasteiger partial charge < -0.3 is 10.6 Å². The number of halogens is 1.